The maximum Gasteiger partial charge on any atom is 0.199 e. The van der Waals surface area contributed by atoms with Crippen LogP contribution in [0, 0.1) is 0 Å². The van der Waals surface area contributed by atoms with Crippen molar-refractivity contribution in [1.82, 2.24) is 5.32 Å². The lowest BCUT2D eigenvalue weighted by atomic mass is 9.99. The second kappa shape index (κ2) is 10.6. The Morgan fingerprint density at radius 1 is 1.12 bits per heavy atom. The Balaban J connectivity index is 0.000000316. The molecule has 0 amide bonds. The number of ether oxygens (including phenoxy) is 2. The zero-order valence-electron chi connectivity index (χ0n) is 14.5. The fourth-order valence-electron chi connectivity index (χ4n) is 2.40. The molecule has 1 fully saturated rings. The van der Waals surface area contributed by atoms with E-state index in [0.29, 0.717) is 23.5 Å². The van der Waals surface area contributed by atoms with Gasteiger partial charge in [0.15, 0.2) is 5.78 Å². The Kier molecular flexibility index (Phi) is 8.12. The van der Waals surface area contributed by atoms with Crippen molar-refractivity contribution in [2.45, 2.75) is 13.0 Å². The second-order valence-electron chi connectivity index (χ2n) is 5.47. The van der Waals surface area contributed by atoms with Crippen LogP contribution in [-0.2, 0) is 4.74 Å². The second-order valence-corrected chi connectivity index (χ2v) is 5.47. The van der Waals surface area contributed by atoms with Crippen LogP contribution in [0.2, 0.25) is 0 Å². The Morgan fingerprint density at radius 3 is 2.32 bits per heavy atom. The molecular weight excluding hydrogens is 318 g/mol. The minimum Gasteiger partial charge on any atom is -0.493 e. The van der Waals surface area contributed by atoms with Gasteiger partial charge in [0.25, 0.3) is 0 Å². The number of para-hydroxylation sites is 1. The minimum absolute atomic E-state index is 0.352. The van der Waals surface area contributed by atoms with Crippen LogP contribution >= 0.6 is 0 Å². The highest BCUT2D eigenvalue weighted by atomic mass is 16.5. The molecule has 0 bridgehead atoms. The first kappa shape index (κ1) is 19.1. The molecule has 1 atom stereocenters. The highest BCUT2D eigenvalue weighted by molar-refractivity contribution is 6.02. The van der Waals surface area contributed by atoms with Crippen molar-refractivity contribution in [3.63, 3.8) is 0 Å². The van der Waals surface area contributed by atoms with Gasteiger partial charge in [-0.3, -0.25) is 4.79 Å². The van der Waals surface area contributed by atoms with E-state index in [1.165, 1.54) is 0 Å². The predicted octanol–water partition coefficient (Wildman–Crippen LogP) is 2.61. The highest BCUT2D eigenvalue weighted by Gasteiger charge is 2.21. The maximum atomic E-state index is 12.3. The summed E-state index contributed by atoms with van der Waals surface area (Å²) >= 11 is 0. The van der Waals surface area contributed by atoms with Crippen LogP contribution in [0.1, 0.15) is 28.9 Å². The van der Waals surface area contributed by atoms with E-state index in [4.69, 9.17) is 9.47 Å². The molecular formula is C20H25NO4. The van der Waals surface area contributed by atoms with Gasteiger partial charge in [-0.25, -0.2) is 0 Å². The summed E-state index contributed by atoms with van der Waals surface area (Å²) in [6, 6.07) is 15.8. The molecule has 2 N–H and O–H groups in total. The largest absolute Gasteiger partial charge is 0.493 e. The molecule has 5 heteroatoms. The first-order valence-corrected chi connectivity index (χ1v) is 8.51. The third kappa shape index (κ3) is 5.98. The first-order valence-electron chi connectivity index (χ1n) is 8.51. The third-order valence-electron chi connectivity index (χ3n) is 3.66. The topological polar surface area (TPSA) is 67.8 Å². The predicted molar refractivity (Wildman–Crippen MR) is 97.0 cm³/mol. The minimum atomic E-state index is -1.16. The summed E-state index contributed by atoms with van der Waals surface area (Å²) in [6.45, 7) is 6.17. The number of hydrogen-bond donors (Lipinski definition) is 2. The van der Waals surface area contributed by atoms with E-state index in [2.05, 4.69) is 5.32 Å². The average Bonchev–Trinajstić information content (AvgIpc) is 2.70. The van der Waals surface area contributed by atoms with E-state index < -0.39 is 6.10 Å². The summed E-state index contributed by atoms with van der Waals surface area (Å²) in [4.78, 5) is 12.3. The van der Waals surface area contributed by atoms with Crippen LogP contribution in [0.4, 0.5) is 0 Å². The number of ketones is 1. The van der Waals surface area contributed by atoms with Crippen LogP contribution in [0.3, 0.4) is 0 Å². The Labute approximate surface area is 148 Å². The zero-order chi connectivity index (χ0) is 17.9. The monoisotopic (exact) mass is 343 g/mol. The summed E-state index contributed by atoms with van der Waals surface area (Å²) in [5.41, 5.74) is 0.986. The van der Waals surface area contributed by atoms with Crippen molar-refractivity contribution in [2.24, 2.45) is 0 Å². The Bertz CT molecular complexity index is 630. The molecule has 2 aromatic rings. The highest BCUT2D eigenvalue weighted by Crippen LogP contribution is 2.25. The number of aliphatic hydroxyl groups excluding tert-OH is 1. The van der Waals surface area contributed by atoms with Crippen molar-refractivity contribution in [3.05, 3.63) is 65.7 Å². The molecule has 25 heavy (non-hydrogen) atoms. The van der Waals surface area contributed by atoms with Gasteiger partial charge < -0.3 is 19.9 Å². The smallest absolute Gasteiger partial charge is 0.199 e. The molecule has 1 saturated heterocycles. The SMILES string of the molecule is C1COCCN1.CCOc1ccccc1C(=O)C(O)c1ccccc1. The molecule has 1 aliphatic rings. The summed E-state index contributed by atoms with van der Waals surface area (Å²) in [6.07, 6.45) is -1.16. The van der Waals surface area contributed by atoms with Crippen molar-refractivity contribution in [3.8, 4) is 5.75 Å². The number of aliphatic hydroxyl groups is 1. The van der Waals surface area contributed by atoms with Gasteiger partial charge in [-0.2, -0.15) is 0 Å². The quantitative estimate of drug-likeness (QED) is 0.817. The van der Waals surface area contributed by atoms with Gasteiger partial charge in [0.05, 0.1) is 25.4 Å². The molecule has 5 nitrogen and oxygen atoms in total. The van der Waals surface area contributed by atoms with Crippen molar-refractivity contribution in [1.29, 1.82) is 0 Å². The van der Waals surface area contributed by atoms with Crippen LogP contribution < -0.4 is 10.1 Å². The van der Waals surface area contributed by atoms with Gasteiger partial charge in [0.1, 0.15) is 11.9 Å². The summed E-state index contributed by atoms with van der Waals surface area (Å²) in [5, 5.41) is 13.3. The molecule has 2 aromatic carbocycles. The number of hydrogen-bond acceptors (Lipinski definition) is 5. The number of benzene rings is 2. The van der Waals surface area contributed by atoms with Gasteiger partial charge >= 0.3 is 0 Å². The summed E-state index contributed by atoms with van der Waals surface area (Å²) in [7, 11) is 0. The van der Waals surface area contributed by atoms with Gasteiger partial charge in [-0.15, -0.1) is 0 Å². The first-order chi connectivity index (χ1) is 12.2. The van der Waals surface area contributed by atoms with Gasteiger partial charge in [-0.05, 0) is 24.6 Å². The lowest BCUT2D eigenvalue weighted by molar-refractivity contribution is 0.0743. The van der Waals surface area contributed by atoms with Crippen molar-refractivity contribution < 1.29 is 19.4 Å². The number of morpholine rings is 1. The van der Waals surface area contributed by atoms with Crippen molar-refractivity contribution in [2.75, 3.05) is 32.9 Å². The fourth-order valence-corrected chi connectivity index (χ4v) is 2.40. The van der Waals surface area contributed by atoms with E-state index in [1.54, 1.807) is 48.5 Å². The molecule has 0 aliphatic carbocycles. The zero-order valence-corrected chi connectivity index (χ0v) is 14.5. The number of carbonyl (C=O) groups is 1. The fraction of sp³-hybridized carbons (Fsp3) is 0.350. The molecule has 134 valence electrons. The van der Waals surface area contributed by atoms with E-state index in [-0.39, 0.29) is 5.78 Å². The molecule has 0 spiro atoms. The van der Waals surface area contributed by atoms with Crippen LogP contribution in [0.5, 0.6) is 5.75 Å². The maximum absolute atomic E-state index is 12.3. The summed E-state index contributed by atoms with van der Waals surface area (Å²) in [5.74, 6) is 0.153. The molecule has 1 unspecified atom stereocenters. The standard InChI is InChI=1S/C16H16O3.C4H9NO/c1-2-19-14-11-7-6-10-13(14)16(18)15(17)12-8-4-3-5-9-12;1-3-6-4-2-5-1/h3-11,15,17H,2H2,1H3;5H,1-4H2. The Morgan fingerprint density at radius 2 is 1.76 bits per heavy atom. The lowest BCUT2D eigenvalue weighted by Gasteiger charge is -2.13. The number of Topliss-reactive ketones (excluding diaryl/α,β-unsaturated/α-hetero) is 1. The summed E-state index contributed by atoms with van der Waals surface area (Å²) < 4.78 is 10.4. The molecule has 1 aliphatic heterocycles. The molecule has 0 aromatic heterocycles. The van der Waals surface area contributed by atoms with Gasteiger partial charge in [0.2, 0.25) is 0 Å². The van der Waals surface area contributed by atoms with E-state index in [0.717, 1.165) is 26.3 Å². The van der Waals surface area contributed by atoms with Crippen LogP contribution in [0.25, 0.3) is 0 Å². The normalized spacial score (nSPS) is 14.8. The van der Waals surface area contributed by atoms with Gasteiger partial charge in [0, 0.05) is 13.1 Å². The van der Waals surface area contributed by atoms with Crippen LogP contribution in [-0.4, -0.2) is 43.8 Å². The molecule has 3 rings (SSSR count). The van der Waals surface area contributed by atoms with E-state index in [1.807, 2.05) is 13.0 Å². The molecule has 0 radical (unpaired) electrons. The Hall–Kier alpha value is -2.21. The van der Waals surface area contributed by atoms with E-state index >= 15 is 0 Å². The number of carbonyl (C=O) groups excluding carboxylic acids is 1. The number of nitrogens with one attached hydrogen (secondary N) is 1. The van der Waals surface area contributed by atoms with Gasteiger partial charge in [-0.1, -0.05) is 42.5 Å². The molecule has 0 saturated carbocycles. The lowest BCUT2D eigenvalue weighted by Crippen LogP contribution is -2.30. The number of rotatable bonds is 5. The van der Waals surface area contributed by atoms with Crippen LogP contribution in [0.15, 0.2) is 54.6 Å². The van der Waals surface area contributed by atoms with E-state index in [9.17, 15) is 9.90 Å². The van der Waals surface area contributed by atoms with Crippen molar-refractivity contribution >= 4 is 5.78 Å². The third-order valence-corrected chi connectivity index (χ3v) is 3.66. The average molecular weight is 343 g/mol. The molecule has 1 heterocycles.